The highest BCUT2D eigenvalue weighted by atomic mass is 79.9. The average molecular weight is 650 g/mol. The lowest BCUT2D eigenvalue weighted by Gasteiger charge is -2.20. The summed E-state index contributed by atoms with van der Waals surface area (Å²) in [6.45, 7) is 0.521. The molecule has 1 saturated heterocycles. The number of alkyl halides is 3. The van der Waals surface area contributed by atoms with Crippen molar-refractivity contribution in [2.75, 3.05) is 24.8 Å². The van der Waals surface area contributed by atoms with E-state index < -0.39 is 21.3 Å². The fourth-order valence-corrected chi connectivity index (χ4v) is 6.23. The molecule has 1 fully saturated rings. The van der Waals surface area contributed by atoms with Crippen LogP contribution in [0, 0.1) is 5.82 Å². The molecule has 0 aliphatic carbocycles. The first-order valence-corrected chi connectivity index (χ1v) is 17.3. The van der Waals surface area contributed by atoms with Crippen LogP contribution >= 0.6 is 15.9 Å². The van der Waals surface area contributed by atoms with Crippen molar-refractivity contribution < 1.29 is 40.4 Å². The molecule has 220 valence electrons. The third-order valence-corrected chi connectivity index (χ3v) is 9.57. The van der Waals surface area contributed by atoms with Gasteiger partial charge in [0.2, 0.25) is 5.44 Å². The van der Waals surface area contributed by atoms with Crippen LogP contribution in [0.4, 0.5) is 13.2 Å². The molecule has 1 heterocycles. The van der Waals surface area contributed by atoms with Crippen LogP contribution in [0.5, 0.6) is 0 Å². The summed E-state index contributed by atoms with van der Waals surface area (Å²) in [5, 5.41) is -3.97. The van der Waals surface area contributed by atoms with Gasteiger partial charge in [-0.3, -0.25) is 0 Å². The van der Waals surface area contributed by atoms with Gasteiger partial charge < -0.3 is 14.0 Å². The molecule has 0 radical (unpaired) electrons. The first-order chi connectivity index (χ1) is 18.0. The minimum Gasteiger partial charge on any atom is -0.743 e. The topological polar surface area (TPSA) is 92.7 Å². The number of carbonyl (C=O) groups excluding carboxylic acids is 1. The Hall–Kier alpha value is -0.820. The zero-order chi connectivity index (χ0) is 28.4. The fourth-order valence-electron chi connectivity index (χ4n) is 3.80. The van der Waals surface area contributed by atoms with E-state index in [-0.39, 0.29) is 28.8 Å². The van der Waals surface area contributed by atoms with Crippen molar-refractivity contribution in [3.8, 4) is 0 Å². The second-order valence-electron chi connectivity index (χ2n) is 9.12. The third-order valence-electron chi connectivity index (χ3n) is 6.03. The molecule has 12 heteroatoms. The number of ether oxygens (including phenoxy) is 2. The van der Waals surface area contributed by atoms with E-state index in [9.17, 15) is 30.9 Å². The SMILES string of the molecule is C[S+](c1ccccc1F)C1CCCCO1.O=C(OCCCCCCCCCCCCBr)C(F)(F)S(=O)(=O)[O-]. The van der Waals surface area contributed by atoms with Crippen LogP contribution in [0.2, 0.25) is 0 Å². The largest absolute Gasteiger partial charge is 0.743 e. The number of rotatable bonds is 16. The Bertz CT molecular complexity index is 899. The normalized spacial score (nSPS) is 16.8. The van der Waals surface area contributed by atoms with E-state index in [2.05, 4.69) is 26.9 Å². The molecule has 2 unspecified atom stereocenters. The molecular weight excluding hydrogens is 609 g/mol. The predicted molar refractivity (Wildman–Crippen MR) is 147 cm³/mol. The maximum absolute atomic E-state index is 13.5. The lowest BCUT2D eigenvalue weighted by Crippen LogP contribution is -2.39. The second kappa shape index (κ2) is 19.3. The molecule has 0 bridgehead atoms. The van der Waals surface area contributed by atoms with Gasteiger partial charge in [-0.1, -0.05) is 79.4 Å². The van der Waals surface area contributed by atoms with Crippen LogP contribution < -0.4 is 0 Å². The first kappa shape index (κ1) is 35.2. The number of carbonyl (C=O) groups is 1. The molecule has 0 saturated carbocycles. The minimum absolute atomic E-state index is 0.0995. The number of benzene rings is 1. The van der Waals surface area contributed by atoms with Gasteiger partial charge in [0, 0.05) is 11.8 Å². The molecule has 1 aromatic rings. The second-order valence-corrected chi connectivity index (χ2v) is 13.4. The molecular formula is C26H40BrF3O6S2. The van der Waals surface area contributed by atoms with Crippen LogP contribution in [0.25, 0.3) is 0 Å². The quantitative estimate of drug-likeness (QED) is 0.0635. The summed E-state index contributed by atoms with van der Waals surface area (Å²) in [6, 6.07) is 7.03. The average Bonchev–Trinajstić information content (AvgIpc) is 2.89. The minimum atomic E-state index is -6.03. The van der Waals surface area contributed by atoms with Gasteiger partial charge in [0.15, 0.2) is 20.8 Å². The lowest BCUT2D eigenvalue weighted by molar-refractivity contribution is -0.161. The maximum atomic E-state index is 13.5. The standard InChI is InChI=1S/C14H25BrF2O5S.C12H16FOS/c15-11-9-7-5-3-1-2-4-6-8-10-12-22-13(18)14(16,17)23(19,20)21;1-15(12-8-4-5-9-14-12)11-7-3-2-6-10(11)13/h1-12H2,(H,19,20,21);2-3,6-7,12H,4-5,8-9H2,1H3/q;+1/p-1. The van der Waals surface area contributed by atoms with Crippen molar-refractivity contribution in [2.24, 2.45) is 0 Å². The van der Waals surface area contributed by atoms with Crippen LogP contribution in [0.3, 0.4) is 0 Å². The number of hydrogen-bond donors (Lipinski definition) is 0. The maximum Gasteiger partial charge on any atom is 0.428 e. The molecule has 2 rings (SSSR count). The lowest BCUT2D eigenvalue weighted by atomic mass is 10.1. The summed E-state index contributed by atoms with van der Waals surface area (Å²) in [5.41, 5.74) is 0.218. The van der Waals surface area contributed by atoms with Gasteiger partial charge in [0.25, 0.3) is 0 Å². The summed E-state index contributed by atoms with van der Waals surface area (Å²) in [4.78, 5) is 11.6. The third kappa shape index (κ3) is 13.5. The first-order valence-electron chi connectivity index (χ1n) is 13.1. The predicted octanol–water partition coefficient (Wildman–Crippen LogP) is 6.92. The van der Waals surface area contributed by atoms with Gasteiger partial charge in [-0.25, -0.2) is 17.6 Å². The van der Waals surface area contributed by atoms with Gasteiger partial charge in [-0.2, -0.15) is 8.78 Å². The van der Waals surface area contributed by atoms with Crippen LogP contribution in [-0.2, 0) is 35.3 Å². The monoisotopic (exact) mass is 648 g/mol. The summed E-state index contributed by atoms with van der Waals surface area (Å²) in [6.07, 6.45) is 15.6. The fraction of sp³-hybridized carbons (Fsp3) is 0.731. The Morgan fingerprint density at radius 1 is 1.05 bits per heavy atom. The van der Waals surface area contributed by atoms with E-state index >= 15 is 0 Å². The Morgan fingerprint density at radius 3 is 2.11 bits per heavy atom. The molecule has 1 aliphatic heterocycles. The summed E-state index contributed by atoms with van der Waals surface area (Å²) >= 11 is 3.38. The highest BCUT2D eigenvalue weighted by Crippen LogP contribution is 2.26. The molecule has 0 spiro atoms. The van der Waals surface area contributed by atoms with Crippen LogP contribution in [-0.4, -0.2) is 54.4 Å². The summed E-state index contributed by atoms with van der Waals surface area (Å²) in [5.74, 6) is -2.39. The molecule has 0 amide bonds. The van der Waals surface area contributed by atoms with E-state index in [0.717, 1.165) is 48.9 Å². The van der Waals surface area contributed by atoms with Crippen molar-refractivity contribution >= 4 is 42.9 Å². The van der Waals surface area contributed by atoms with E-state index in [1.165, 1.54) is 44.6 Å². The van der Waals surface area contributed by atoms with Gasteiger partial charge in [0.05, 0.1) is 24.1 Å². The Balaban J connectivity index is 0.000000411. The molecule has 1 aromatic carbocycles. The number of unbranched alkanes of at least 4 members (excludes halogenated alkanes) is 9. The van der Waals surface area contributed by atoms with E-state index in [1.54, 1.807) is 6.07 Å². The van der Waals surface area contributed by atoms with Gasteiger partial charge in [0.1, 0.15) is 6.26 Å². The van der Waals surface area contributed by atoms with Crippen LogP contribution in [0.15, 0.2) is 29.2 Å². The number of hydrogen-bond acceptors (Lipinski definition) is 6. The molecule has 1 aliphatic rings. The van der Waals surface area contributed by atoms with Gasteiger partial charge in [-0.15, -0.1) is 0 Å². The van der Waals surface area contributed by atoms with Crippen molar-refractivity contribution in [1.82, 2.24) is 0 Å². The van der Waals surface area contributed by atoms with E-state index in [4.69, 9.17) is 4.74 Å². The summed E-state index contributed by atoms with van der Waals surface area (Å²) < 4.78 is 79.5. The van der Waals surface area contributed by atoms with E-state index in [0.29, 0.717) is 12.8 Å². The van der Waals surface area contributed by atoms with Crippen molar-refractivity contribution in [3.63, 3.8) is 0 Å². The zero-order valence-electron chi connectivity index (χ0n) is 22.0. The molecule has 2 atom stereocenters. The van der Waals surface area contributed by atoms with Gasteiger partial charge in [-0.05, 0) is 37.8 Å². The Kier molecular flexibility index (Phi) is 17.9. The van der Waals surface area contributed by atoms with E-state index in [1.807, 2.05) is 12.1 Å². The van der Waals surface area contributed by atoms with Crippen molar-refractivity contribution in [2.45, 2.75) is 99.1 Å². The Labute approximate surface area is 236 Å². The zero-order valence-corrected chi connectivity index (χ0v) is 25.2. The van der Waals surface area contributed by atoms with Crippen molar-refractivity contribution in [1.29, 1.82) is 0 Å². The smallest absolute Gasteiger partial charge is 0.428 e. The molecule has 0 N–H and O–H groups in total. The highest BCUT2D eigenvalue weighted by molar-refractivity contribution is 9.09. The van der Waals surface area contributed by atoms with Crippen molar-refractivity contribution in [3.05, 3.63) is 30.1 Å². The highest BCUT2D eigenvalue weighted by Gasteiger charge is 2.48. The molecule has 6 nitrogen and oxygen atoms in total. The number of halogens is 4. The number of esters is 1. The summed E-state index contributed by atoms with van der Waals surface area (Å²) in [7, 11) is -6.16. The molecule has 0 aromatic heterocycles. The van der Waals surface area contributed by atoms with Gasteiger partial charge >= 0.3 is 11.2 Å². The van der Waals surface area contributed by atoms with Crippen LogP contribution in [0.1, 0.15) is 83.5 Å². The molecule has 38 heavy (non-hydrogen) atoms. The Morgan fingerprint density at radius 2 is 1.61 bits per heavy atom.